The van der Waals surface area contributed by atoms with E-state index >= 15 is 0 Å². The van der Waals surface area contributed by atoms with Crippen molar-refractivity contribution >= 4 is 44.8 Å². The smallest absolute Gasteiger partial charge is 0.351 e. The Bertz CT molecular complexity index is 1030. The summed E-state index contributed by atoms with van der Waals surface area (Å²) in [6, 6.07) is 12.2. The largest absolute Gasteiger partial charge is 0.494 e. The fraction of sp³-hybridized carbons (Fsp3) is 0.273. The van der Waals surface area contributed by atoms with Gasteiger partial charge in [0.15, 0.2) is 10.6 Å². The van der Waals surface area contributed by atoms with Gasteiger partial charge >= 0.3 is 12.0 Å². The number of hydrogen-bond acceptors (Lipinski definition) is 6. The molecule has 0 aliphatic carbocycles. The molecule has 0 bridgehead atoms. The lowest BCUT2D eigenvalue weighted by atomic mass is 10.2. The van der Waals surface area contributed by atoms with Gasteiger partial charge in [-0.05, 0) is 55.8 Å². The van der Waals surface area contributed by atoms with E-state index in [2.05, 4.69) is 10.6 Å². The van der Waals surface area contributed by atoms with Gasteiger partial charge in [0.25, 0.3) is 0 Å². The zero-order chi connectivity index (χ0) is 21.5. The topological polar surface area (TPSA) is 85.9 Å². The van der Waals surface area contributed by atoms with E-state index in [0.717, 1.165) is 22.3 Å². The molecule has 0 aliphatic heterocycles. The lowest BCUT2D eigenvalue weighted by Crippen LogP contribution is -2.19. The number of carbonyl (C=O) groups excluding carboxylic acids is 2. The van der Waals surface area contributed by atoms with Crippen LogP contribution in [0.15, 0.2) is 42.5 Å². The van der Waals surface area contributed by atoms with Crippen LogP contribution in [-0.4, -0.2) is 32.3 Å². The third kappa shape index (κ3) is 5.01. The van der Waals surface area contributed by atoms with E-state index in [1.54, 1.807) is 36.4 Å². The zero-order valence-electron chi connectivity index (χ0n) is 17.1. The monoisotopic (exact) mass is 428 g/mol. The Balaban J connectivity index is 1.78. The molecule has 0 atom stereocenters. The number of rotatable bonds is 8. The van der Waals surface area contributed by atoms with Crippen molar-refractivity contribution in [3.63, 3.8) is 0 Å². The summed E-state index contributed by atoms with van der Waals surface area (Å²) in [6.07, 6.45) is 0.806. The first-order valence-electron chi connectivity index (χ1n) is 9.64. The van der Waals surface area contributed by atoms with Gasteiger partial charge in [-0.25, -0.2) is 9.59 Å². The van der Waals surface area contributed by atoms with Crippen molar-refractivity contribution in [1.82, 2.24) is 0 Å². The predicted molar refractivity (Wildman–Crippen MR) is 119 cm³/mol. The number of anilines is 2. The number of benzene rings is 2. The van der Waals surface area contributed by atoms with E-state index in [1.807, 2.05) is 19.9 Å². The van der Waals surface area contributed by atoms with E-state index < -0.39 is 5.97 Å². The van der Waals surface area contributed by atoms with Crippen LogP contribution in [0, 0.1) is 0 Å². The van der Waals surface area contributed by atoms with E-state index in [4.69, 9.17) is 14.2 Å². The second kappa shape index (κ2) is 9.98. The highest BCUT2D eigenvalue weighted by Crippen LogP contribution is 2.39. The molecule has 0 spiro atoms. The molecule has 3 aromatic rings. The molecule has 2 amide bonds. The Morgan fingerprint density at radius 2 is 1.67 bits per heavy atom. The highest BCUT2D eigenvalue weighted by Gasteiger charge is 2.21. The van der Waals surface area contributed by atoms with Crippen LogP contribution in [0.3, 0.4) is 0 Å². The summed E-state index contributed by atoms with van der Waals surface area (Å²) in [5, 5.41) is 6.35. The molecule has 1 heterocycles. The number of carbonyl (C=O) groups is 2. The summed E-state index contributed by atoms with van der Waals surface area (Å²) in [4.78, 5) is 24.9. The fourth-order valence-electron chi connectivity index (χ4n) is 2.82. The molecule has 2 aromatic carbocycles. The number of ether oxygens (including phenoxy) is 3. The number of methoxy groups -OCH3 is 1. The number of esters is 1. The Kier molecular flexibility index (Phi) is 7.13. The average molecular weight is 429 g/mol. The Morgan fingerprint density at radius 1 is 0.967 bits per heavy atom. The second-order valence-corrected chi connectivity index (χ2v) is 7.40. The Hall–Kier alpha value is -3.26. The maximum Gasteiger partial charge on any atom is 0.351 e. The van der Waals surface area contributed by atoms with Crippen LogP contribution in [0.2, 0.25) is 0 Å². The normalized spacial score (nSPS) is 10.5. The van der Waals surface area contributed by atoms with Crippen molar-refractivity contribution in [3.05, 3.63) is 47.3 Å². The molecule has 0 unspecified atom stereocenters. The minimum atomic E-state index is -0.440. The van der Waals surface area contributed by atoms with Gasteiger partial charge in [-0.1, -0.05) is 6.92 Å². The third-order valence-electron chi connectivity index (χ3n) is 4.14. The quantitative estimate of drug-likeness (QED) is 0.462. The molecule has 0 saturated heterocycles. The Labute approximate surface area is 178 Å². The minimum Gasteiger partial charge on any atom is -0.494 e. The van der Waals surface area contributed by atoms with Crippen molar-refractivity contribution in [3.8, 4) is 11.5 Å². The second-order valence-electron chi connectivity index (χ2n) is 6.35. The van der Waals surface area contributed by atoms with Crippen LogP contribution in [0.1, 0.15) is 29.9 Å². The third-order valence-corrected chi connectivity index (χ3v) is 5.28. The molecule has 30 heavy (non-hydrogen) atoms. The molecule has 158 valence electrons. The maximum absolute atomic E-state index is 12.4. The highest BCUT2D eigenvalue weighted by atomic mass is 32.1. The van der Waals surface area contributed by atoms with E-state index in [-0.39, 0.29) is 6.03 Å². The summed E-state index contributed by atoms with van der Waals surface area (Å²) >= 11 is 1.30. The van der Waals surface area contributed by atoms with Gasteiger partial charge in [0, 0.05) is 21.5 Å². The molecule has 0 aliphatic rings. The minimum absolute atomic E-state index is 0.377. The Morgan fingerprint density at radius 3 is 2.33 bits per heavy atom. The van der Waals surface area contributed by atoms with Gasteiger partial charge < -0.3 is 24.8 Å². The van der Waals surface area contributed by atoms with Gasteiger partial charge in [0.1, 0.15) is 5.75 Å². The van der Waals surface area contributed by atoms with Gasteiger partial charge in [-0.15, -0.1) is 11.3 Å². The van der Waals surface area contributed by atoms with Crippen LogP contribution in [-0.2, 0) is 4.74 Å². The number of urea groups is 1. The molecule has 8 heteroatoms. The summed E-state index contributed by atoms with van der Waals surface area (Å²) < 4.78 is 17.0. The maximum atomic E-state index is 12.4. The molecular formula is C22H24N2O5S. The molecule has 0 saturated carbocycles. The van der Waals surface area contributed by atoms with Gasteiger partial charge in [-0.3, -0.25) is 0 Å². The standard InChI is InChI=1S/C22H24N2O5S/c1-4-12-29-19-17-13-15(8-11-18(17)30-20(19)21(25)27-3)24-22(26)23-14-6-9-16(10-7-14)28-5-2/h6-11,13H,4-5,12H2,1-3H3,(H2,23,24,26). The molecule has 2 N–H and O–H groups in total. The number of nitrogens with one attached hydrogen (secondary N) is 2. The van der Waals surface area contributed by atoms with Crippen LogP contribution >= 0.6 is 11.3 Å². The molecule has 3 rings (SSSR count). The zero-order valence-corrected chi connectivity index (χ0v) is 17.9. The summed E-state index contributed by atoms with van der Waals surface area (Å²) in [5.74, 6) is 0.789. The van der Waals surface area contributed by atoms with Gasteiger partial charge in [0.05, 0.1) is 20.3 Å². The van der Waals surface area contributed by atoms with Crippen LogP contribution in [0.5, 0.6) is 11.5 Å². The molecule has 0 radical (unpaired) electrons. The fourth-order valence-corrected chi connectivity index (χ4v) is 3.87. The number of hydrogen-bond donors (Lipinski definition) is 2. The van der Waals surface area contributed by atoms with Crippen molar-refractivity contribution in [1.29, 1.82) is 0 Å². The van der Waals surface area contributed by atoms with Crippen molar-refractivity contribution in [2.24, 2.45) is 0 Å². The van der Waals surface area contributed by atoms with Crippen LogP contribution in [0.25, 0.3) is 10.1 Å². The van der Waals surface area contributed by atoms with E-state index in [0.29, 0.717) is 35.2 Å². The van der Waals surface area contributed by atoms with Crippen molar-refractivity contribution in [2.75, 3.05) is 31.0 Å². The first-order chi connectivity index (χ1) is 14.5. The van der Waals surface area contributed by atoms with Crippen molar-refractivity contribution in [2.45, 2.75) is 20.3 Å². The van der Waals surface area contributed by atoms with Gasteiger partial charge in [-0.2, -0.15) is 0 Å². The molecular weight excluding hydrogens is 404 g/mol. The highest BCUT2D eigenvalue weighted by molar-refractivity contribution is 7.21. The average Bonchev–Trinajstić information content (AvgIpc) is 3.11. The van der Waals surface area contributed by atoms with Gasteiger partial charge in [0.2, 0.25) is 0 Å². The van der Waals surface area contributed by atoms with E-state index in [1.165, 1.54) is 18.4 Å². The molecule has 1 aromatic heterocycles. The van der Waals surface area contributed by atoms with E-state index in [9.17, 15) is 9.59 Å². The summed E-state index contributed by atoms with van der Waals surface area (Å²) in [7, 11) is 1.34. The first-order valence-corrected chi connectivity index (χ1v) is 10.5. The first kappa shape index (κ1) is 21.4. The lowest BCUT2D eigenvalue weighted by Gasteiger charge is -2.10. The van der Waals surface area contributed by atoms with Crippen LogP contribution in [0.4, 0.5) is 16.2 Å². The molecule has 7 nitrogen and oxygen atoms in total. The summed E-state index contributed by atoms with van der Waals surface area (Å²) in [5.41, 5.74) is 1.23. The SMILES string of the molecule is CCCOc1c(C(=O)OC)sc2ccc(NC(=O)Nc3ccc(OCC)cc3)cc12. The summed E-state index contributed by atoms with van der Waals surface area (Å²) in [6.45, 7) is 4.97. The molecule has 0 fully saturated rings. The number of amides is 2. The predicted octanol–water partition coefficient (Wildman–Crippen LogP) is 5.52. The number of thiophene rings is 1. The lowest BCUT2D eigenvalue weighted by molar-refractivity contribution is 0.0602. The van der Waals surface area contributed by atoms with Crippen LogP contribution < -0.4 is 20.1 Å². The van der Waals surface area contributed by atoms with Crippen molar-refractivity contribution < 1.29 is 23.8 Å². The number of fused-ring (bicyclic) bond motifs is 1.